The van der Waals surface area contributed by atoms with E-state index in [0.29, 0.717) is 18.6 Å². The number of aliphatic hydroxyl groups excluding tert-OH is 1. The average Bonchev–Trinajstić information content (AvgIpc) is 3.39. The minimum absolute atomic E-state index is 0.0332. The molecule has 1 saturated heterocycles. The molecule has 13 heteroatoms. The van der Waals surface area contributed by atoms with Gasteiger partial charge in [-0.2, -0.15) is 38.1 Å². The number of hydrogen-bond acceptors (Lipinski definition) is 4. The lowest BCUT2D eigenvalue weighted by Crippen LogP contribution is -2.50. The molecule has 2 N–H and O–H groups in total. The van der Waals surface area contributed by atoms with Gasteiger partial charge in [-0.25, -0.2) is 4.79 Å². The van der Waals surface area contributed by atoms with Gasteiger partial charge in [0.15, 0.2) is 0 Å². The van der Waals surface area contributed by atoms with Crippen LogP contribution in [-0.2, 0) is 22.6 Å². The summed E-state index contributed by atoms with van der Waals surface area (Å²) in [6.45, 7) is 2.60. The van der Waals surface area contributed by atoms with Crippen LogP contribution in [0.1, 0.15) is 48.4 Å². The van der Waals surface area contributed by atoms with Crippen LogP contribution in [0.5, 0.6) is 0 Å². The van der Waals surface area contributed by atoms with Crippen molar-refractivity contribution in [2.45, 2.75) is 56.0 Å². The molecule has 1 heterocycles. The number of likely N-dealkylation sites (N-methyl/N-ethyl adjacent to an activating group) is 1. The molecule has 3 rings (SSSR count). The molecule has 1 fully saturated rings. The van der Waals surface area contributed by atoms with Crippen LogP contribution in [-0.4, -0.2) is 77.7 Å². The third kappa shape index (κ3) is 7.71. The molecule has 0 spiro atoms. The highest BCUT2D eigenvalue weighted by atomic mass is 32.2. The highest BCUT2D eigenvalue weighted by Crippen LogP contribution is 2.40. The van der Waals surface area contributed by atoms with Gasteiger partial charge in [-0.15, -0.1) is 0 Å². The number of thioether (sulfide) groups is 1. The van der Waals surface area contributed by atoms with Gasteiger partial charge in [0.05, 0.1) is 35.2 Å². The summed E-state index contributed by atoms with van der Waals surface area (Å²) in [5.74, 6) is -0.359. The van der Waals surface area contributed by atoms with Crippen molar-refractivity contribution in [3.05, 3.63) is 70.8 Å². The summed E-state index contributed by atoms with van der Waals surface area (Å²) in [7, 11) is 1.44. The lowest BCUT2D eigenvalue weighted by atomic mass is 9.80. The topological polar surface area (TPSA) is 72.9 Å². The molecule has 0 radical (unpaired) electrons. The van der Waals surface area contributed by atoms with E-state index in [1.54, 1.807) is 30.0 Å². The Hall–Kier alpha value is -2.93. The summed E-state index contributed by atoms with van der Waals surface area (Å²) in [6, 6.07) is 8.72. The summed E-state index contributed by atoms with van der Waals surface area (Å²) >= 11 is 1.57. The van der Waals surface area contributed by atoms with Gasteiger partial charge < -0.3 is 20.2 Å². The number of benzene rings is 2. The smallest absolute Gasteiger partial charge is 0.394 e. The van der Waals surface area contributed by atoms with Gasteiger partial charge in [-0.3, -0.25) is 4.79 Å². The molecule has 0 saturated carbocycles. The Morgan fingerprint density at radius 2 is 1.55 bits per heavy atom. The van der Waals surface area contributed by atoms with E-state index in [1.807, 2.05) is 18.4 Å². The summed E-state index contributed by atoms with van der Waals surface area (Å²) < 4.78 is 81.3. The molecular weight excluding hydrogens is 584 g/mol. The molecule has 3 atom stereocenters. The zero-order valence-electron chi connectivity index (χ0n) is 23.7. The van der Waals surface area contributed by atoms with Crippen LogP contribution >= 0.6 is 11.8 Å². The van der Waals surface area contributed by atoms with Crippen LogP contribution in [0.4, 0.5) is 31.1 Å². The Morgan fingerprint density at radius 1 is 1.00 bits per heavy atom. The van der Waals surface area contributed by atoms with Crippen LogP contribution in [0, 0.1) is 0 Å². The quantitative estimate of drug-likeness (QED) is 0.351. The Balaban J connectivity index is 1.95. The summed E-state index contributed by atoms with van der Waals surface area (Å²) in [6.07, 6.45) is -7.66. The SMILES string of the molecule is CSCCC(CO)NC(=O)N1CC(c2ccccc2)[C@H](N(C)C(=O)C(C)(C)c2cc(C(F)(F)F)cc(C(F)(F)F)c2)C1. The monoisotopic (exact) mass is 619 g/mol. The molecular formula is C29H35F6N3O3S. The number of halogens is 6. The number of likely N-dealkylation sites (tertiary alicyclic amines) is 1. The lowest BCUT2D eigenvalue weighted by Gasteiger charge is -2.36. The Kier molecular flexibility index (Phi) is 10.5. The molecule has 232 valence electrons. The summed E-state index contributed by atoms with van der Waals surface area (Å²) in [5, 5.41) is 12.5. The third-order valence-corrected chi connectivity index (χ3v) is 8.33. The van der Waals surface area contributed by atoms with Gasteiger partial charge in [-0.1, -0.05) is 30.3 Å². The number of aliphatic hydroxyl groups is 1. The first-order valence-corrected chi connectivity index (χ1v) is 14.7. The van der Waals surface area contributed by atoms with E-state index in [0.717, 1.165) is 11.3 Å². The van der Waals surface area contributed by atoms with Gasteiger partial charge >= 0.3 is 18.4 Å². The average molecular weight is 620 g/mol. The van der Waals surface area contributed by atoms with Crippen LogP contribution in [0.15, 0.2) is 48.5 Å². The fourth-order valence-corrected chi connectivity index (χ4v) is 5.66. The van der Waals surface area contributed by atoms with E-state index in [9.17, 15) is 41.0 Å². The highest BCUT2D eigenvalue weighted by Gasteiger charge is 2.45. The number of rotatable bonds is 9. The third-order valence-electron chi connectivity index (χ3n) is 7.68. The highest BCUT2D eigenvalue weighted by molar-refractivity contribution is 7.98. The van der Waals surface area contributed by atoms with Gasteiger partial charge in [-0.05, 0) is 61.6 Å². The fraction of sp³-hybridized carbons (Fsp3) is 0.517. The molecule has 2 aromatic carbocycles. The summed E-state index contributed by atoms with van der Waals surface area (Å²) in [4.78, 5) is 29.9. The van der Waals surface area contributed by atoms with Crippen molar-refractivity contribution in [2.75, 3.05) is 38.8 Å². The predicted octanol–water partition coefficient (Wildman–Crippen LogP) is 5.75. The van der Waals surface area contributed by atoms with E-state index < -0.39 is 58.5 Å². The first kappa shape index (κ1) is 33.6. The van der Waals surface area contributed by atoms with Gasteiger partial charge in [0, 0.05) is 26.1 Å². The number of nitrogens with zero attached hydrogens (tertiary/aromatic N) is 2. The van der Waals surface area contributed by atoms with Crippen molar-refractivity contribution in [2.24, 2.45) is 0 Å². The van der Waals surface area contributed by atoms with E-state index in [2.05, 4.69) is 5.32 Å². The second-order valence-electron chi connectivity index (χ2n) is 10.9. The number of alkyl halides is 6. The second kappa shape index (κ2) is 13.2. The number of amides is 3. The van der Waals surface area contributed by atoms with Crippen molar-refractivity contribution in [1.82, 2.24) is 15.1 Å². The van der Waals surface area contributed by atoms with Crippen molar-refractivity contribution in [3.8, 4) is 0 Å². The normalized spacial score (nSPS) is 18.6. The standard InChI is InChI=1S/C29H35F6N3O3S/c1-27(2,19-12-20(28(30,31)32)14-21(13-19)29(33,34)35)25(40)37(3)24-16-38(15-23(24)18-8-6-5-7-9-18)26(41)36-22(17-39)10-11-42-4/h5-9,12-14,22-24,39H,10-11,15-17H2,1-4H3,(H,36,41)/t22?,23?,24-/m1/s1. The van der Waals surface area contributed by atoms with E-state index in [4.69, 9.17) is 0 Å². The van der Waals surface area contributed by atoms with Crippen LogP contribution < -0.4 is 5.32 Å². The minimum Gasteiger partial charge on any atom is -0.394 e. The molecule has 0 bridgehead atoms. The van der Waals surface area contributed by atoms with Crippen LogP contribution in [0.2, 0.25) is 0 Å². The molecule has 0 aliphatic carbocycles. The number of urea groups is 1. The van der Waals surface area contributed by atoms with E-state index >= 15 is 0 Å². The van der Waals surface area contributed by atoms with Crippen molar-refractivity contribution < 1.29 is 41.0 Å². The van der Waals surface area contributed by atoms with Crippen molar-refractivity contribution >= 4 is 23.7 Å². The zero-order chi connectivity index (χ0) is 31.5. The first-order valence-electron chi connectivity index (χ1n) is 13.3. The fourth-order valence-electron chi connectivity index (χ4n) is 5.14. The Bertz CT molecular complexity index is 1210. The number of hydrogen-bond donors (Lipinski definition) is 2. The van der Waals surface area contributed by atoms with Crippen LogP contribution in [0.25, 0.3) is 0 Å². The van der Waals surface area contributed by atoms with Gasteiger partial charge in [0.1, 0.15) is 0 Å². The maximum atomic E-state index is 13.9. The Labute approximate surface area is 245 Å². The number of nitrogens with one attached hydrogen (secondary N) is 1. The second-order valence-corrected chi connectivity index (χ2v) is 11.9. The Morgan fingerprint density at radius 3 is 2.05 bits per heavy atom. The largest absolute Gasteiger partial charge is 0.416 e. The molecule has 1 aliphatic rings. The maximum absolute atomic E-state index is 13.9. The number of carbonyl (C=O) groups excluding carboxylic acids is 2. The van der Waals surface area contributed by atoms with Crippen LogP contribution in [0.3, 0.4) is 0 Å². The molecule has 0 aromatic heterocycles. The first-order chi connectivity index (χ1) is 19.5. The van der Waals surface area contributed by atoms with Crippen molar-refractivity contribution in [1.29, 1.82) is 0 Å². The van der Waals surface area contributed by atoms with Gasteiger partial charge in [0.2, 0.25) is 5.91 Å². The maximum Gasteiger partial charge on any atom is 0.416 e. The van der Waals surface area contributed by atoms with E-state index in [-0.39, 0.29) is 31.7 Å². The predicted molar refractivity (Wildman–Crippen MR) is 149 cm³/mol. The molecule has 3 amide bonds. The molecule has 2 aromatic rings. The van der Waals surface area contributed by atoms with E-state index in [1.165, 1.54) is 30.7 Å². The van der Waals surface area contributed by atoms with Crippen molar-refractivity contribution in [3.63, 3.8) is 0 Å². The molecule has 6 nitrogen and oxygen atoms in total. The number of carbonyl (C=O) groups is 2. The zero-order valence-corrected chi connectivity index (χ0v) is 24.5. The summed E-state index contributed by atoms with van der Waals surface area (Å²) in [5.41, 5.74) is -4.38. The molecule has 1 aliphatic heterocycles. The van der Waals surface area contributed by atoms with Gasteiger partial charge in [0.25, 0.3) is 0 Å². The molecule has 2 unspecified atom stereocenters. The molecule has 42 heavy (non-hydrogen) atoms. The lowest BCUT2D eigenvalue weighted by molar-refractivity contribution is -0.144. The minimum atomic E-state index is -5.05.